The topological polar surface area (TPSA) is 37.3 Å². The van der Waals surface area contributed by atoms with Gasteiger partial charge in [-0.1, -0.05) is 62.4 Å². The van der Waals surface area contributed by atoms with Crippen molar-refractivity contribution in [1.29, 1.82) is 0 Å². The molecule has 2 aromatic carbocycles. The highest BCUT2D eigenvalue weighted by molar-refractivity contribution is 6.00. The van der Waals surface area contributed by atoms with Crippen molar-refractivity contribution in [3.8, 4) is 11.1 Å². The van der Waals surface area contributed by atoms with Crippen LogP contribution in [0.4, 0.5) is 22.0 Å². The van der Waals surface area contributed by atoms with Gasteiger partial charge in [0.05, 0.1) is 0 Å². The molecule has 136 valence electrons. The lowest BCUT2D eigenvalue weighted by molar-refractivity contribution is -0.0885. The third kappa shape index (κ3) is 5.35. The first-order valence-electron chi connectivity index (χ1n) is 7.48. The second-order valence-corrected chi connectivity index (χ2v) is 4.81. The molecule has 0 saturated carbocycles. The summed E-state index contributed by atoms with van der Waals surface area (Å²) in [6.45, 7) is 4.00. The van der Waals surface area contributed by atoms with Gasteiger partial charge in [0.1, 0.15) is 6.10 Å². The summed E-state index contributed by atoms with van der Waals surface area (Å²) in [6.07, 6.45) is -9.74. The van der Waals surface area contributed by atoms with Gasteiger partial charge in [-0.2, -0.15) is 13.2 Å². The number of hydrogen-bond donors (Lipinski definition) is 1. The van der Waals surface area contributed by atoms with Crippen molar-refractivity contribution in [3.63, 3.8) is 0 Å². The third-order valence-corrected chi connectivity index (χ3v) is 3.23. The van der Waals surface area contributed by atoms with Gasteiger partial charge in [-0.25, -0.2) is 8.78 Å². The molecule has 25 heavy (non-hydrogen) atoms. The van der Waals surface area contributed by atoms with E-state index in [0.29, 0.717) is 11.1 Å². The number of ketones is 1. The Hall–Kier alpha value is -2.28. The average molecular weight is 360 g/mol. The highest BCUT2D eigenvalue weighted by Gasteiger charge is 2.39. The van der Waals surface area contributed by atoms with Crippen molar-refractivity contribution < 1.29 is 31.9 Å². The predicted octanol–water partition coefficient (Wildman–Crippen LogP) is 5.42. The van der Waals surface area contributed by atoms with Gasteiger partial charge in [0, 0.05) is 5.56 Å². The molecule has 0 saturated heterocycles. The maximum atomic E-state index is 12.4. The molecular formula is C18H17F5O2. The van der Waals surface area contributed by atoms with E-state index in [9.17, 15) is 31.9 Å². The van der Waals surface area contributed by atoms with Crippen LogP contribution >= 0.6 is 0 Å². The number of carbonyl (C=O) groups is 1. The van der Waals surface area contributed by atoms with Gasteiger partial charge >= 0.3 is 6.18 Å². The zero-order chi connectivity index (χ0) is 19.2. The zero-order valence-electron chi connectivity index (χ0n) is 13.5. The van der Waals surface area contributed by atoms with E-state index in [1.54, 1.807) is 0 Å². The Balaban J connectivity index is 0.00000151. The molecule has 0 aliphatic heterocycles. The Kier molecular flexibility index (Phi) is 7.23. The molecule has 1 unspecified atom stereocenters. The first-order valence-corrected chi connectivity index (χ1v) is 7.48. The fourth-order valence-electron chi connectivity index (χ4n) is 2.00. The van der Waals surface area contributed by atoms with E-state index >= 15 is 0 Å². The Morgan fingerprint density at radius 2 is 1.28 bits per heavy atom. The molecule has 0 aliphatic rings. The van der Waals surface area contributed by atoms with E-state index < -0.39 is 30.1 Å². The highest BCUT2D eigenvalue weighted by atomic mass is 19.4. The minimum atomic E-state index is -4.94. The van der Waals surface area contributed by atoms with Crippen LogP contribution in [-0.4, -0.2) is 23.5 Å². The highest BCUT2D eigenvalue weighted by Crippen LogP contribution is 2.27. The SMILES string of the molecule is CC.O=C(c1ccc(-c2ccc(C(O)C(F)F)cc2)cc1)C(F)(F)F. The summed E-state index contributed by atoms with van der Waals surface area (Å²) >= 11 is 0. The maximum Gasteiger partial charge on any atom is 0.454 e. The molecule has 0 radical (unpaired) electrons. The predicted molar refractivity (Wildman–Crippen MR) is 84.6 cm³/mol. The summed E-state index contributed by atoms with van der Waals surface area (Å²) < 4.78 is 61.7. The van der Waals surface area contributed by atoms with Crippen molar-refractivity contribution in [2.24, 2.45) is 0 Å². The van der Waals surface area contributed by atoms with Gasteiger partial charge in [-0.05, 0) is 16.7 Å². The number of aliphatic hydroxyl groups excluding tert-OH is 1. The largest absolute Gasteiger partial charge is 0.454 e. The number of alkyl halides is 5. The minimum Gasteiger partial charge on any atom is -0.382 e. The van der Waals surface area contributed by atoms with Crippen LogP contribution < -0.4 is 0 Å². The summed E-state index contributed by atoms with van der Waals surface area (Å²) in [4.78, 5) is 11.1. The van der Waals surface area contributed by atoms with Crippen LogP contribution in [0.2, 0.25) is 0 Å². The normalized spacial score (nSPS) is 12.4. The van der Waals surface area contributed by atoms with Gasteiger partial charge in [0.2, 0.25) is 0 Å². The van der Waals surface area contributed by atoms with Crippen molar-refractivity contribution in [1.82, 2.24) is 0 Å². The molecule has 0 fully saturated rings. The number of aliphatic hydroxyl groups is 1. The van der Waals surface area contributed by atoms with Crippen LogP contribution in [0.1, 0.15) is 35.9 Å². The van der Waals surface area contributed by atoms with Crippen LogP contribution in [0.25, 0.3) is 11.1 Å². The second kappa shape index (κ2) is 8.71. The van der Waals surface area contributed by atoms with Crippen molar-refractivity contribution in [2.75, 3.05) is 0 Å². The van der Waals surface area contributed by atoms with Crippen LogP contribution in [0.3, 0.4) is 0 Å². The second-order valence-electron chi connectivity index (χ2n) is 4.81. The van der Waals surface area contributed by atoms with Gasteiger partial charge in [-0.3, -0.25) is 4.79 Å². The van der Waals surface area contributed by atoms with Crippen LogP contribution in [0.5, 0.6) is 0 Å². The fraction of sp³-hybridized carbons (Fsp3) is 0.278. The smallest absolute Gasteiger partial charge is 0.382 e. The Morgan fingerprint density at radius 1 is 0.880 bits per heavy atom. The fourth-order valence-corrected chi connectivity index (χ4v) is 2.00. The third-order valence-electron chi connectivity index (χ3n) is 3.23. The van der Waals surface area contributed by atoms with E-state index in [-0.39, 0.29) is 5.56 Å². The van der Waals surface area contributed by atoms with E-state index in [0.717, 1.165) is 12.1 Å². The van der Waals surface area contributed by atoms with E-state index in [2.05, 4.69) is 0 Å². The number of rotatable bonds is 4. The van der Waals surface area contributed by atoms with Crippen LogP contribution in [0, 0.1) is 0 Å². The first kappa shape index (κ1) is 20.8. The van der Waals surface area contributed by atoms with E-state index in [1.165, 1.54) is 36.4 Å². The number of Topliss-reactive ketones (excluding diaryl/α,β-unsaturated/α-hetero) is 1. The lowest BCUT2D eigenvalue weighted by atomic mass is 10.00. The molecule has 0 amide bonds. The van der Waals surface area contributed by atoms with Gasteiger partial charge in [0.15, 0.2) is 0 Å². The molecule has 0 bridgehead atoms. The van der Waals surface area contributed by atoms with Crippen LogP contribution in [0.15, 0.2) is 48.5 Å². The van der Waals surface area contributed by atoms with Gasteiger partial charge in [0.25, 0.3) is 12.2 Å². The number of benzene rings is 2. The minimum absolute atomic E-state index is 0.0348. The lowest BCUT2D eigenvalue weighted by Gasteiger charge is -2.11. The molecule has 2 nitrogen and oxygen atoms in total. The average Bonchev–Trinajstić information content (AvgIpc) is 2.61. The molecule has 7 heteroatoms. The number of carbonyl (C=O) groups excluding carboxylic acids is 1. The zero-order valence-corrected chi connectivity index (χ0v) is 13.5. The van der Waals surface area contributed by atoms with Crippen molar-refractivity contribution in [3.05, 3.63) is 59.7 Å². The molecule has 2 aromatic rings. The number of halogens is 5. The first-order chi connectivity index (χ1) is 11.7. The maximum absolute atomic E-state index is 12.4. The summed E-state index contributed by atoms with van der Waals surface area (Å²) in [7, 11) is 0. The summed E-state index contributed by atoms with van der Waals surface area (Å²) in [5.74, 6) is -1.93. The summed E-state index contributed by atoms with van der Waals surface area (Å²) in [5.41, 5.74) is 0.627. The molecule has 1 N–H and O–H groups in total. The molecule has 0 aromatic heterocycles. The molecule has 0 heterocycles. The Labute approximate surface area is 141 Å². The van der Waals surface area contributed by atoms with E-state index in [4.69, 9.17) is 0 Å². The summed E-state index contributed by atoms with van der Waals surface area (Å²) in [6, 6.07) is 10.3. The standard InChI is InChI=1S/C16H11F5O2.C2H6/c17-15(18)13(22)11-5-1-9(2-6-11)10-3-7-12(8-4-10)14(23)16(19,20)21;1-2/h1-8,13,15,22H;1-2H3. The Bertz CT molecular complexity index is 676. The molecule has 2 rings (SSSR count). The lowest BCUT2D eigenvalue weighted by Crippen LogP contribution is -2.22. The van der Waals surface area contributed by atoms with Crippen molar-refractivity contribution in [2.45, 2.75) is 32.6 Å². The molecule has 1 atom stereocenters. The van der Waals surface area contributed by atoms with Gasteiger partial charge in [-0.15, -0.1) is 0 Å². The van der Waals surface area contributed by atoms with Crippen LogP contribution in [-0.2, 0) is 0 Å². The Morgan fingerprint density at radius 3 is 1.64 bits per heavy atom. The van der Waals surface area contributed by atoms with E-state index in [1.807, 2.05) is 13.8 Å². The van der Waals surface area contributed by atoms with Gasteiger partial charge < -0.3 is 5.11 Å². The molecule has 0 spiro atoms. The quantitative estimate of drug-likeness (QED) is 0.584. The van der Waals surface area contributed by atoms with Crippen molar-refractivity contribution >= 4 is 5.78 Å². The monoisotopic (exact) mass is 360 g/mol. The number of hydrogen-bond acceptors (Lipinski definition) is 2. The molecule has 0 aliphatic carbocycles. The summed E-state index contributed by atoms with van der Waals surface area (Å²) in [5, 5.41) is 9.24. The molecular weight excluding hydrogens is 343 g/mol.